The van der Waals surface area contributed by atoms with Gasteiger partial charge in [0, 0.05) is 29.7 Å². The van der Waals surface area contributed by atoms with E-state index in [2.05, 4.69) is 20.2 Å². The minimum Gasteiger partial charge on any atom is -0.443 e. The predicted octanol–water partition coefficient (Wildman–Crippen LogP) is 7.08. The van der Waals surface area contributed by atoms with E-state index in [9.17, 15) is 14.0 Å². The van der Waals surface area contributed by atoms with Crippen LogP contribution in [-0.2, 0) is 9.47 Å². The van der Waals surface area contributed by atoms with Crippen LogP contribution in [0.2, 0.25) is 0 Å². The van der Waals surface area contributed by atoms with E-state index < -0.39 is 23.4 Å². The van der Waals surface area contributed by atoms with E-state index in [1.54, 1.807) is 78.3 Å². The van der Waals surface area contributed by atoms with Gasteiger partial charge in [-0.1, -0.05) is 12.1 Å². The van der Waals surface area contributed by atoms with Crippen LogP contribution in [0.4, 0.5) is 19.9 Å². The topological polar surface area (TPSA) is 117 Å². The number of carbonyl (C=O) groups excluding carboxylic acids is 2. The molecule has 0 bridgehead atoms. The molecule has 0 aliphatic carbocycles. The molecule has 0 saturated carbocycles. The van der Waals surface area contributed by atoms with Gasteiger partial charge in [0.2, 0.25) is 0 Å². The largest absolute Gasteiger partial charge is 0.443 e. The summed E-state index contributed by atoms with van der Waals surface area (Å²) in [6.45, 7) is 12.2. The first kappa shape index (κ1) is 30.3. The number of halogens is 1. The van der Waals surface area contributed by atoms with E-state index in [-0.39, 0.29) is 17.8 Å². The number of benzene rings is 1. The van der Waals surface area contributed by atoms with E-state index in [0.29, 0.717) is 16.2 Å². The molecule has 12 heteroatoms. The van der Waals surface area contributed by atoms with Gasteiger partial charge in [-0.3, -0.25) is 9.67 Å². The highest BCUT2D eigenvalue weighted by Crippen LogP contribution is 2.28. The summed E-state index contributed by atoms with van der Waals surface area (Å²) in [6.07, 6.45) is 5.17. The van der Waals surface area contributed by atoms with Crippen LogP contribution >= 0.6 is 0 Å². The van der Waals surface area contributed by atoms with Crippen LogP contribution in [-0.4, -0.2) is 52.8 Å². The molecule has 1 atom stereocenters. The van der Waals surface area contributed by atoms with Gasteiger partial charge in [-0.25, -0.2) is 18.5 Å². The molecule has 0 aliphatic heterocycles. The summed E-state index contributed by atoms with van der Waals surface area (Å²) in [7, 11) is 0. The maximum Gasteiger partial charge on any atom is 0.427 e. The predicted molar refractivity (Wildman–Crippen MR) is 163 cm³/mol. The molecule has 5 aromatic rings. The summed E-state index contributed by atoms with van der Waals surface area (Å²) >= 11 is 0. The molecule has 1 aromatic carbocycles. The lowest BCUT2D eigenvalue weighted by Crippen LogP contribution is -2.44. The van der Waals surface area contributed by atoms with E-state index in [1.165, 1.54) is 16.6 Å². The van der Waals surface area contributed by atoms with Crippen LogP contribution in [0.1, 0.15) is 60.1 Å². The first-order valence-corrected chi connectivity index (χ1v) is 14.1. The molecule has 0 unspecified atom stereocenters. The molecule has 0 spiro atoms. The Labute approximate surface area is 254 Å². The Morgan fingerprint density at radius 1 is 0.886 bits per heavy atom. The number of carbonyl (C=O) groups is 2. The molecule has 5 rings (SSSR count). The second-order valence-electron chi connectivity index (χ2n) is 12.3. The van der Waals surface area contributed by atoms with Crippen molar-refractivity contribution in [3.05, 3.63) is 84.7 Å². The molecule has 44 heavy (non-hydrogen) atoms. The van der Waals surface area contributed by atoms with Crippen LogP contribution in [0.15, 0.2) is 73.3 Å². The molecule has 0 aliphatic rings. The fourth-order valence-electron chi connectivity index (χ4n) is 4.34. The Bertz CT molecular complexity index is 1790. The number of nitrogens with zero attached hydrogens (tertiary/aromatic N) is 7. The third-order valence-electron chi connectivity index (χ3n) is 6.42. The maximum absolute atomic E-state index is 13.4. The van der Waals surface area contributed by atoms with Crippen molar-refractivity contribution in [1.29, 1.82) is 0 Å². The van der Waals surface area contributed by atoms with Crippen molar-refractivity contribution in [1.82, 2.24) is 29.4 Å². The fourth-order valence-corrected chi connectivity index (χ4v) is 4.34. The molecule has 0 fully saturated rings. The molecular formula is C32H34FN7O4. The van der Waals surface area contributed by atoms with Crippen molar-refractivity contribution < 1.29 is 23.5 Å². The Morgan fingerprint density at radius 3 is 2.18 bits per heavy atom. The summed E-state index contributed by atoms with van der Waals surface area (Å²) in [5.41, 5.74) is 2.79. The highest BCUT2D eigenvalue weighted by molar-refractivity contribution is 6.08. The number of imide groups is 1. The van der Waals surface area contributed by atoms with Gasteiger partial charge in [-0.15, -0.1) is 10.00 Å². The van der Waals surface area contributed by atoms with Crippen molar-refractivity contribution >= 4 is 23.8 Å². The summed E-state index contributed by atoms with van der Waals surface area (Å²) in [4.78, 5) is 35.8. The van der Waals surface area contributed by atoms with E-state index in [0.717, 1.165) is 22.3 Å². The van der Waals surface area contributed by atoms with Crippen molar-refractivity contribution in [2.75, 3.05) is 4.90 Å². The van der Waals surface area contributed by atoms with Gasteiger partial charge in [0.25, 0.3) is 5.95 Å². The summed E-state index contributed by atoms with van der Waals surface area (Å²) in [5, 5.41) is 8.87. The number of aromatic nitrogens is 6. The minimum atomic E-state index is -0.952. The molecule has 11 nitrogen and oxygen atoms in total. The number of hydrogen-bond acceptors (Lipinski definition) is 8. The highest BCUT2D eigenvalue weighted by atomic mass is 19.1. The second kappa shape index (κ2) is 11.5. The quantitative estimate of drug-likeness (QED) is 0.210. The van der Waals surface area contributed by atoms with E-state index >= 15 is 0 Å². The third-order valence-corrected chi connectivity index (χ3v) is 6.42. The molecule has 0 radical (unpaired) electrons. The number of fused-ring (bicyclic) bond motifs is 1. The average molecular weight is 600 g/mol. The smallest absolute Gasteiger partial charge is 0.427 e. The minimum absolute atomic E-state index is 0.0869. The monoisotopic (exact) mass is 599 g/mol. The third kappa shape index (κ3) is 6.91. The van der Waals surface area contributed by atoms with Crippen molar-refractivity contribution in [2.45, 2.75) is 65.7 Å². The molecule has 4 heterocycles. The standard InChI is InChI=1S/C32H34FN7O4/c1-20(21-8-10-25(33)11-9-21)39-19-24(18-35-39)22-12-14-34-26(16-22)23-13-15-38-27(17-23)36-28(37-38)40(29(41)43-31(2,3)4)30(42)44-32(5,6)7/h8-20H,1-7H3/t20-/m1/s1. The fraction of sp³-hybridized carbons (Fsp3) is 0.312. The highest BCUT2D eigenvalue weighted by Gasteiger charge is 2.35. The van der Waals surface area contributed by atoms with Crippen molar-refractivity contribution in [2.24, 2.45) is 0 Å². The van der Waals surface area contributed by atoms with Gasteiger partial charge in [0.05, 0.1) is 17.9 Å². The summed E-state index contributed by atoms with van der Waals surface area (Å²) in [6, 6.07) is 13.7. The first-order valence-electron chi connectivity index (χ1n) is 14.1. The van der Waals surface area contributed by atoms with Crippen molar-refractivity contribution in [3.63, 3.8) is 0 Å². The van der Waals surface area contributed by atoms with Gasteiger partial charge < -0.3 is 9.47 Å². The lowest BCUT2D eigenvalue weighted by atomic mass is 10.1. The maximum atomic E-state index is 13.4. The molecule has 2 amide bonds. The Balaban J connectivity index is 1.43. The average Bonchev–Trinajstić information content (AvgIpc) is 3.58. The van der Waals surface area contributed by atoms with Gasteiger partial charge in [0.1, 0.15) is 17.0 Å². The molecule has 0 saturated heterocycles. The lowest BCUT2D eigenvalue weighted by Gasteiger charge is -2.26. The number of pyridine rings is 2. The van der Waals surface area contributed by atoms with Gasteiger partial charge in [-0.05, 0) is 96.0 Å². The van der Waals surface area contributed by atoms with Gasteiger partial charge in [-0.2, -0.15) is 10.1 Å². The molecular weight excluding hydrogens is 565 g/mol. The van der Waals surface area contributed by atoms with E-state index in [1.807, 2.05) is 36.0 Å². The Morgan fingerprint density at radius 2 is 1.55 bits per heavy atom. The second-order valence-corrected chi connectivity index (χ2v) is 12.3. The van der Waals surface area contributed by atoms with Crippen molar-refractivity contribution in [3.8, 4) is 22.4 Å². The van der Waals surface area contributed by atoms with Crippen LogP contribution in [0, 0.1) is 5.82 Å². The van der Waals surface area contributed by atoms with Gasteiger partial charge >= 0.3 is 12.2 Å². The number of anilines is 1. The molecule has 4 aromatic heterocycles. The van der Waals surface area contributed by atoms with Crippen LogP contribution in [0.5, 0.6) is 0 Å². The zero-order valence-electron chi connectivity index (χ0n) is 25.6. The Hall–Kier alpha value is -5.13. The lowest BCUT2D eigenvalue weighted by molar-refractivity contribution is 0.0427. The number of ether oxygens (including phenoxy) is 2. The number of rotatable bonds is 5. The summed E-state index contributed by atoms with van der Waals surface area (Å²) in [5.74, 6) is -0.467. The first-order chi connectivity index (χ1) is 20.7. The summed E-state index contributed by atoms with van der Waals surface area (Å²) < 4.78 is 27.5. The Kier molecular flexibility index (Phi) is 7.94. The molecule has 0 N–H and O–H groups in total. The number of hydrogen-bond donors (Lipinski definition) is 0. The van der Waals surface area contributed by atoms with Gasteiger partial charge in [0.15, 0.2) is 5.65 Å². The number of amides is 2. The SMILES string of the molecule is C[C@H](c1ccc(F)cc1)n1cc(-c2ccnc(-c3ccn4nc(N(C(=O)OC(C)(C)C)C(=O)OC(C)(C)C)nc4c3)c2)cn1. The van der Waals surface area contributed by atoms with Crippen LogP contribution in [0.3, 0.4) is 0 Å². The van der Waals surface area contributed by atoms with E-state index in [4.69, 9.17) is 9.47 Å². The normalized spacial score (nSPS) is 12.6. The van der Waals surface area contributed by atoms with Crippen LogP contribution < -0.4 is 4.90 Å². The molecule has 228 valence electrons. The zero-order chi connectivity index (χ0) is 31.8. The zero-order valence-corrected chi connectivity index (χ0v) is 25.6. The van der Waals surface area contributed by atoms with Crippen LogP contribution in [0.25, 0.3) is 28.0 Å².